The minimum atomic E-state index is -1.34. The highest BCUT2D eigenvalue weighted by molar-refractivity contribution is 5.57. The second-order valence-electron chi connectivity index (χ2n) is 2.29. The second-order valence-corrected chi connectivity index (χ2v) is 2.29. The maximum absolute atomic E-state index is 10.2. The molecule has 0 bridgehead atoms. The first-order chi connectivity index (χ1) is 6.24. The van der Waals surface area contributed by atoms with Crippen molar-refractivity contribution in [2.45, 2.75) is 6.10 Å². The molecule has 1 atom stereocenters. The molecule has 0 aliphatic carbocycles. The zero-order valence-corrected chi connectivity index (χ0v) is 6.88. The van der Waals surface area contributed by atoms with E-state index in [1.807, 2.05) is 0 Å². The fraction of sp³-hybridized carbons (Fsp3) is 0.111. The summed E-state index contributed by atoms with van der Waals surface area (Å²) >= 11 is 0. The SMILES string of the molecule is C=CC(OC(=O)O)c1ccccn1. The van der Waals surface area contributed by atoms with Gasteiger partial charge in [0, 0.05) is 6.20 Å². The summed E-state index contributed by atoms with van der Waals surface area (Å²) in [7, 11) is 0. The first kappa shape index (κ1) is 9.25. The van der Waals surface area contributed by atoms with Gasteiger partial charge in [0.15, 0.2) is 6.10 Å². The van der Waals surface area contributed by atoms with Crippen LogP contribution >= 0.6 is 0 Å². The van der Waals surface area contributed by atoms with Crippen molar-refractivity contribution in [1.29, 1.82) is 0 Å². The van der Waals surface area contributed by atoms with E-state index in [1.54, 1.807) is 24.4 Å². The van der Waals surface area contributed by atoms with Crippen LogP contribution in [-0.2, 0) is 4.74 Å². The van der Waals surface area contributed by atoms with Crippen LogP contribution in [0.5, 0.6) is 0 Å². The summed E-state index contributed by atoms with van der Waals surface area (Å²) in [5.41, 5.74) is 0.528. The average Bonchev–Trinajstić information content (AvgIpc) is 2.15. The predicted octanol–water partition coefficient (Wildman–Crippen LogP) is 2.00. The van der Waals surface area contributed by atoms with Crippen molar-refractivity contribution < 1.29 is 14.6 Å². The molecule has 68 valence electrons. The molecule has 0 aliphatic heterocycles. The molecule has 4 heteroatoms. The molecular weight excluding hydrogens is 170 g/mol. The summed E-state index contributed by atoms with van der Waals surface area (Å²) in [6.07, 6.45) is 0.919. The first-order valence-electron chi connectivity index (χ1n) is 3.67. The molecule has 0 radical (unpaired) electrons. The zero-order valence-electron chi connectivity index (χ0n) is 6.88. The molecule has 1 N–H and O–H groups in total. The van der Waals surface area contributed by atoms with Gasteiger partial charge in [-0.05, 0) is 18.2 Å². The number of carboxylic acid groups (broad SMARTS) is 1. The number of nitrogens with zero attached hydrogens (tertiary/aromatic N) is 1. The van der Waals surface area contributed by atoms with Crippen LogP contribution in [-0.4, -0.2) is 16.2 Å². The number of pyridine rings is 1. The van der Waals surface area contributed by atoms with E-state index in [0.717, 1.165) is 0 Å². The normalized spacial score (nSPS) is 11.7. The number of carbonyl (C=O) groups is 1. The third-order valence-electron chi connectivity index (χ3n) is 1.42. The molecule has 0 spiro atoms. The van der Waals surface area contributed by atoms with Gasteiger partial charge < -0.3 is 9.84 Å². The molecule has 0 saturated heterocycles. The quantitative estimate of drug-likeness (QED) is 0.569. The number of hydrogen-bond donors (Lipinski definition) is 1. The Kier molecular flexibility index (Phi) is 3.03. The van der Waals surface area contributed by atoms with Gasteiger partial charge in [0.05, 0.1) is 5.69 Å². The lowest BCUT2D eigenvalue weighted by Crippen LogP contribution is -2.07. The van der Waals surface area contributed by atoms with Crippen LogP contribution in [0.3, 0.4) is 0 Å². The van der Waals surface area contributed by atoms with Gasteiger partial charge in [0.2, 0.25) is 0 Å². The highest BCUT2D eigenvalue weighted by atomic mass is 16.7. The third-order valence-corrected chi connectivity index (χ3v) is 1.42. The molecule has 13 heavy (non-hydrogen) atoms. The van der Waals surface area contributed by atoms with Gasteiger partial charge in [-0.3, -0.25) is 4.98 Å². The Labute approximate surface area is 75.5 Å². The summed E-state index contributed by atoms with van der Waals surface area (Å²) in [4.78, 5) is 14.2. The van der Waals surface area contributed by atoms with Gasteiger partial charge in [-0.2, -0.15) is 0 Å². The summed E-state index contributed by atoms with van der Waals surface area (Å²) < 4.78 is 4.52. The lowest BCUT2D eigenvalue weighted by atomic mass is 10.2. The third kappa shape index (κ3) is 2.59. The molecule has 1 aromatic rings. The van der Waals surface area contributed by atoms with Gasteiger partial charge in [-0.1, -0.05) is 12.6 Å². The van der Waals surface area contributed by atoms with Crippen molar-refractivity contribution in [2.24, 2.45) is 0 Å². The van der Waals surface area contributed by atoms with E-state index in [2.05, 4.69) is 16.3 Å². The maximum Gasteiger partial charge on any atom is 0.506 e. The molecule has 1 unspecified atom stereocenters. The summed E-state index contributed by atoms with van der Waals surface area (Å²) in [6.45, 7) is 3.46. The molecule has 0 fully saturated rings. The average molecular weight is 179 g/mol. The van der Waals surface area contributed by atoms with Crippen molar-refractivity contribution in [3.05, 3.63) is 42.7 Å². The Morgan fingerprint density at radius 2 is 2.46 bits per heavy atom. The van der Waals surface area contributed by atoms with Gasteiger partial charge in [0.1, 0.15) is 0 Å². The Bertz CT molecular complexity index is 297. The van der Waals surface area contributed by atoms with Crippen molar-refractivity contribution in [2.75, 3.05) is 0 Å². The van der Waals surface area contributed by atoms with E-state index in [4.69, 9.17) is 5.11 Å². The monoisotopic (exact) mass is 179 g/mol. The zero-order chi connectivity index (χ0) is 9.68. The fourth-order valence-corrected chi connectivity index (χ4v) is 0.882. The van der Waals surface area contributed by atoms with Gasteiger partial charge in [-0.25, -0.2) is 4.79 Å². The number of hydrogen-bond acceptors (Lipinski definition) is 3. The molecular formula is C9H9NO3. The fourth-order valence-electron chi connectivity index (χ4n) is 0.882. The lowest BCUT2D eigenvalue weighted by Gasteiger charge is -2.09. The van der Waals surface area contributed by atoms with Crippen LogP contribution in [0.25, 0.3) is 0 Å². The van der Waals surface area contributed by atoms with Crippen molar-refractivity contribution in [1.82, 2.24) is 4.98 Å². The first-order valence-corrected chi connectivity index (χ1v) is 3.67. The highest BCUT2D eigenvalue weighted by Gasteiger charge is 2.12. The second kappa shape index (κ2) is 4.25. The molecule has 1 rings (SSSR count). The largest absolute Gasteiger partial charge is 0.506 e. The van der Waals surface area contributed by atoms with Gasteiger partial charge in [-0.15, -0.1) is 0 Å². The van der Waals surface area contributed by atoms with Gasteiger partial charge >= 0.3 is 6.16 Å². The van der Waals surface area contributed by atoms with Crippen LogP contribution in [0.4, 0.5) is 4.79 Å². The standard InChI is InChI=1S/C9H9NO3/c1-2-8(13-9(11)12)7-5-3-4-6-10-7/h2-6,8H,1H2,(H,11,12). The van der Waals surface area contributed by atoms with Crippen LogP contribution < -0.4 is 0 Å². The van der Waals surface area contributed by atoms with E-state index >= 15 is 0 Å². The topological polar surface area (TPSA) is 59.4 Å². The van der Waals surface area contributed by atoms with Gasteiger partial charge in [0.25, 0.3) is 0 Å². The minimum Gasteiger partial charge on any atom is -0.450 e. The molecule has 4 nitrogen and oxygen atoms in total. The number of aromatic nitrogens is 1. The summed E-state index contributed by atoms with van der Waals surface area (Å²) in [5.74, 6) is 0. The number of rotatable bonds is 3. The molecule has 1 aromatic heterocycles. The van der Waals surface area contributed by atoms with E-state index in [0.29, 0.717) is 5.69 Å². The highest BCUT2D eigenvalue weighted by Crippen LogP contribution is 2.15. The van der Waals surface area contributed by atoms with Crippen molar-refractivity contribution in [3.63, 3.8) is 0 Å². The molecule has 0 aromatic carbocycles. The Balaban J connectivity index is 2.78. The molecule has 0 aliphatic rings. The lowest BCUT2D eigenvalue weighted by molar-refractivity contribution is 0.0677. The molecule has 0 amide bonds. The Morgan fingerprint density at radius 1 is 1.69 bits per heavy atom. The van der Waals surface area contributed by atoms with Crippen LogP contribution in [0, 0.1) is 0 Å². The van der Waals surface area contributed by atoms with Crippen molar-refractivity contribution in [3.8, 4) is 0 Å². The van der Waals surface area contributed by atoms with Crippen LogP contribution in [0.2, 0.25) is 0 Å². The number of ether oxygens (including phenoxy) is 1. The Morgan fingerprint density at radius 3 is 2.92 bits per heavy atom. The van der Waals surface area contributed by atoms with E-state index < -0.39 is 12.3 Å². The minimum absolute atomic E-state index is 0.528. The predicted molar refractivity (Wildman–Crippen MR) is 46.3 cm³/mol. The maximum atomic E-state index is 10.2. The molecule has 0 saturated carbocycles. The van der Waals surface area contributed by atoms with Crippen LogP contribution in [0.15, 0.2) is 37.1 Å². The van der Waals surface area contributed by atoms with E-state index in [9.17, 15) is 4.79 Å². The summed E-state index contributed by atoms with van der Waals surface area (Å²) in [5, 5.41) is 8.38. The van der Waals surface area contributed by atoms with Crippen LogP contribution in [0.1, 0.15) is 11.8 Å². The summed E-state index contributed by atoms with van der Waals surface area (Å²) in [6, 6.07) is 5.17. The smallest absolute Gasteiger partial charge is 0.450 e. The Hall–Kier alpha value is -1.84. The molecule has 1 heterocycles. The van der Waals surface area contributed by atoms with Crippen molar-refractivity contribution >= 4 is 6.16 Å². The van der Waals surface area contributed by atoms with E-state index in [-0.39, 0.29) is 0 Å². The van der Waals surface area contributed by atoms with E-state index in [1.165, 1.54) is 6.08 Å².